The number of carbonyl (C=O) groups is 2. The number of hydrogen-bond acceptors (Lipinski definition) is 5. The summed E-state index contributed by atoms with van der Waals surface area (Å²) in [6.45, 7) is 10.2. The predicted octanol–water partition coefficient (Wildman–Crippen LogP) is 1.61. The zero-order chi connectivity index (χ0) is 16.8. The van der Waals surface area contributed by atoms with Crippen molar-refractivity contribution in [2.45, 2.75) is 71.3 Å². The van der Waals surface area contributed by atoms with Gasteiger partial charge in [-0.2, -0.15) is 0 Å². The van der Waals surface area contributed by atoms with Gasteiger partial charge in [-0.1, -0.05) is 5.92 Å². The van der Waals surface area contributed by atoms with Gasteiger partial charge in [0.15, 0.2) is 0 Å². The number of terminal acetylenes is 1. The number of carbonyl (C=O) groups excluding carboxylic acids is 2. The minimum atomic E-state index is -1.17. The van der Waals surface area contributed by atoms with Crippen molar-refractivity contribution in [3.8, 4) is 12.3 Å². The molecule has 0 heterocycles. The lowest BCUT2D eigenvalue weighted by Crippen LogP contribution is -2.47. The average molecular weight is 299 g/mol. The van der Waals surface area contributed by atoms with Gasteiger partial charge in [-0.25, -0.2) is 9.59 Å². The second-order valence-electron chi connectivity index (χ2n) is 6.65. The van der Waals surface area contributed by atoms with Crippen molar-refractivity contribution < 1.29 is 24.2 Å². The number of alkyl carbamates (subject to hydrolysis) is 1. The lowest BCUT2D eigenvalue weighted by molar-refractivity contribution is -0.158. The molecule has 1 amide bonds. The predicted molar refractivity (Wildman–Crippen MR) is 78.5 cm³/mol. The highest BCUT2D eigenvalue weighted by Crippen LogP contribution is 2.12. The summed E-state index contributed by atoms with van der Waals surface area (Å²) in [5.74, 6) is 1.41. The number of amides is 1. The maximum Gasteiger partial charge on any atom is 0.408 e. The largest absolute Gasteiger partial charge is 0.458 e. The van der Waals surface area contributed by atoms with Gasteiger partial charge in [-0.15, -0.1) is 6.42 Å². The van der Waals surface area contributed by atoms with Crippen LogP contribution in [0.3, 0.4) is 0 Å². The molecule has 0 aliphatic rings. The van der Waals surface area contributed by atoms with Crippen LogP contribution in [-0.4, -0.2) is 40.5 Å². The second-order valence-corrected chi connectivity index (χ2v) is 6.65. The lowest BCUT2D eigenvalue weighted by Gasteiger charge is -2.26. The number of ether oxygens (including phenoxy) is 2. The van der Waals surface area contributed by atoms with Gasteiger partial charge >= 0.3 is 12.1 Å². The molecular formula is C15H25NO5. The number of aliphatic hydroxyl groups is 1. The average Bonchev–Trinajstić information content (AvgIpc) is 2.22. The first-order valence-electron chi connectivity index (χ1n) is 6.70. The van der Waals surface area contributed by atoms with E-state index >= 15 is 0 Å². The fourth-order valence-electron chi connectivity index (χ4n) is 1.33. The van der Waals surface area contributed by atoms with E-state index in [1.54, 1.807) is 41.5 Å². The quantitative estimate of drug-likeness (QED) is 0.608. The highest BCUT2D eigenvalue weighted by Gasteiger charge is 2.30. The van der Waals surface area contributed by atoms with Crippen LogP contribution < -0.4 is 5.32 Å². The summed E-state index contributed by atoms with van der Waals surface area (Å²) in [6.07, 6.45) is 2.99. The summed E-state index contributed by atoms with van der Waals surface area (Å²) in [6, 6.07) is -1.08. The first-order chi connectivity index (χ1) is 9.34. The number of aliphatic hydroxyl groups excluding tert-OH is 1. The van der Waals surface area contributed by atoms with E-state index in [9.17, 15) is 14.7 Å². The molecule has 21 heavy (non-hydrogen) atoms. The first-order valence-corrected chi connectivity index (χ1v) is 6.70. The Morgan fingerprint density at radius 3 is 2.00 bits per heavy atom. The highest BCUT2D eigenvalue weighted by molar-refractivity contribution is 5.81. The van der Waals surface area contributed by atoms with Gasteiger partial charge in [-0.3, -0.25) is 0 Å². The summed E-state index contributed by atoms with van der Waals surface area (Å²) in [5, 5.41) is 11.9. The van der Waals surface area contributed by atoms with Crippen LogP contribution in [0.1, 0.15) is 48.0 Å². The van der Waals surface area contributed by atoms with Crippen molar-refractivity contribution in [3.63, 3.8) is 0 Å². The van der Waals surface area contributed by atoms with E-state index in [-0.39, 0.29) is 6.42 Å². The van der Waals surface area contributed by atoms with Gasteiger partial charge < -0.3 is 19.9 Å². The van der Waals surface area contributed by atoms with Gasteiger partial charge in [0.25, 0.3) is 0 Å². The van der Waals surface area contributed by atoms with Crippen molar-refractivity contribution in [2.75, 3.05) is 0 Å². The summed E-state index contributed by atoms with van der Waals surface area (Å²) < 4.78 is 10.3. The van der Waals surface area contributed by atoms with Crippen molar-refractivity contribution in [1.82, 2.24) is 5.32 Å². The molecule has 6 heteroatoms. The van der Waals surface area contributed by atoms with Crippen LogP contribution in [0.2, 0.25) is 0 Å². The van der Waals surface area contributed by atoms with Gasteiger partial charge in [0, 0.05) is 6.42 Å². The van der Waals surface area contributed by atoms with Crippen molar-refractivity contribution >= 4 is 12.1 Å². The van der Waals surface area contributed by atoms with Crippen LogP contribution in [0.15, 0.2) is 0 Å². The fourth-order valence-corrected chi connectivity index (χ4v) is 1.33. The van der Waals surface area contributed by atoms with E-state index in [0.717, 1.165) is 0 Å². The van der Waals surface area contributed by atoms with E-state index in [1.807, 2.05) is 0 Å². The Labute approximate surface area is 126 Å². The Bertz CT molecular complexity index is 411. The Kier molecular flexibility index (Phi) is 6.71. The number of nitrogens with one attached hydrogen (secondary N) is 1. The van der Waals surface area contributed by atoms with Crippen LogP contribution in [0, 0.1) is 12.3 Å². The third-order valence-corrected chi connectivity index (χ3v) is 2.03. The summed E-state index contributed by atoms with van der Waals surface area (Å²) in [7, 11) is 0. The zero-order valence-corrected chi connectivity index (χ0v) is 13.5. The number of rotatable bonds is 4. The standard InChI is InChI=1S/C15H25NO5/c1-8-10(17)9-11(12(18)20-14(2,3)4)16-13(19)21-15(5,6)7/h1,10-11,17H,9H2,2-7H3,(H,16,19)/t10-,11-/m1/s1. The van der Waals surface area contributed by atoms with Crippen LogP contribution >= 0.6 is 0 Å². The minimum Gasteiger partial charge on any atom is -0.458 e. The molecule has 0 spiro atoms. The molecule has 0 radical (unpaired) electrons. The number of esters is 1. The topological polar surface area (TPSA) is 84.9 Å². The number of hydrogen-bond donors (Lipinski definition) is 2. The van der Waals surface area contributed by atoms with Crippen LogP contribution in [0.4, 0.5) is 4.79 Å². The lowest BCUT2D eigenvalue weighted by atomic mass is 10.1. The molecule has 0 aliphatic carbocycles. The molecule has 0 unspecified atom stereocenters. The SMILES string of the molecule is C#C[C@@H](O)C[C@@H](NC(=O)OC(C)(C)C)C(=O)OC(C)(C)C. The fraction of sp³-hybridized carbons (Fsp3) is 0.733. The maximum absolute atomic E-state index is 12.0. The highest BCUT2D eigenvalue weighted by atomic mass is 16.6. The summed E-state index contributed by atoms with van der Waals surface area (Å²) in [4.78, 5) is 23.8. The van der Waals surface area contributed by atoms with Crippen LogP contribution in [0.5, 0.6) is 0 Å². The molecule has 6 nitrogen and oxygen atoms in total. The zero-order valence-electron chi connectivity index (χ0n) is 13.5. The van der Waals surface area contributed by atoms with Gasteiger partial charge in [0.05, 0.1) is 0 Å². The third kappa shape index (κ3) is 9.74. The van der Waals surface area contributed by atoms with E-state index < -0.39 is 35.4 Å². The Hall–Kier alpha value is -1.74. The molecule has 0 aromatic rings. The molecule has 0 saturated carbocycles. The molecule has 0 bridgehead atoms. The molecule has 0 saturated heterocycles. The molecule has 2 N–H and O–H groups in total. The molecule has 120 valence electrons. The molecule has 0 fully saturated rings. The van der Waals surface area contributed by atoms with Crippen molar-refractivity contribution in [3.05, 3.63) is 0 Å². The van der Waals surface area contributed by atoms with E-state index in [2.05, 4.69) is 11.2 Å². The van der Waals surface area contributed by atoms with Crippen LogP contribution in [-0.2, 0) is 14.3 Å². The van der Waals surface area contributed by atoms with Gasteiger partial charge in [0.2, 0.25) is 0 Å². The molecule has 0 aromatic carbocycles. The maximum atomic E-state index is 12.0. The first kappa shape index (κ1) is 19.3. The molecule has 2 atom stereocenters. The Morgan fingerprint density at radius 2 is 1.62 bits per heavy atom. The van der Waals surface area contributed by atoms with Crippen molar-refractivity contribution in [1.29, 1.82) is 0 Å². The van der Waals surface area contributed by atoms with E-state index in [1.165, 1.54) is 0 Å². The van der Waals surface area contributed by atoms with E-state index in [0.29, 0.717) is 0 Å². The molecular weight excluding hydrogens is 274 g/mol. The minimum absolute atomic E-state index is 0.148. The summed E-state index contributed by atoms with van der Waals surface area (Å²) in [5.41, 5.74) is -1.42. The van der Waals surface area contributed by atoms with Gasteiger partial charge in [-0.05, 0) is 41.5 Å². The van der Waals surface area contributed by atoms with E-state index in [4.69, 9.17) is 15.9 Å². The normalized spacial score (nSPS) is 14.6. The van der Waals surface area contributed by atoms with Crippen molar-refractivity contribution in [2.24, 2.45) is 0 Å². The van der Waals surface area contributed by atoms with Crippen LogP contribution in [0.25, 0.3) is 0 Å². The molecule has 0 rings (SSSR count). The van der Waals surface area contributed by atoms with Gasteiger partial charge in [0.1, 0.15) is 23.3 Å². The summed E-state index contributed by atoms with van der Waals surface area (Å²) >= 11 is 0. The monoisotopic (exact) mass is 299 g/mol. The Balaban J connectivity index is 4.87. The molecule has 0 aromatic heterocycles. The smallest absolute Gasteiger partial charge is 0.408 e. The second kappa shape index (κ2) is 7.32. The third-order valence-electron chi connectivity index (χ3n) is 2.03. The Morgan fingerprint density at radius 1 is 1.14 bits per heavy atom. The molecule has 0 aliphatic heterocycles.